The minimum atomic E-state index is -3.71. The molecular weight excluding hydrogens is 320 g/mol. The number of anilines is 1. The lowest BCUT2D eigenvalue weighted by Crippen LogP contribution is -2.59. The van der Waals surface area contributed by atoms with Gasteiger partial charge in [-0.2, -0.15) is 8.42 Å². The van der Waals surface area contributed by atoms with Crippen LogP contribution < -0.4 is 4.90 Å². The van der Waals surface area contributed by atoms with Crippen LogP contribution in [0.1, 0.15) is 25.0 Å². The Bertz CT molecular complexity index is 880. The topological polar surface area (TPSA) is 49.7 Å². The molecule has 2 aromatic carbocycles. The zero-order chi connectivity index (χ0) is 17.5. The summed E-state index contributed by atoms with van der Waals surface area (Å²) in [7, 11) is -3.71. The Kier molecular flexibility index (Phi) is 4.00. The molecule has 0 aromatic heterocycles. The molecule has 0 saturated carbocycles. The maximum Gasteiger partial charge on any atom is 0.283 e. The standard InChI is InChI=1S/C19H22N2O2S/c1-14-5-9-16(10-6-14)21-13-19(3,4)18(21)20-24(22,23)17-11-7-15(2)8-12-17/h5-12H,13H2,1-4H3/b20-18-. The fourth-order valence-corrected chi connectivity index (χ4v) is 3.96. The van der Waals surface area contributed by atoms with Crippen LogP contribution in [0.3, 0.4) is 0 Å². The Morgan fingerprint density at radius 3 is 1.92 bits per heavy atom. The van der Waals surface area contributed by atoms with E-state index in [9.17, 15) is 8.42 Å². The summed E-state index contributed by atoms with van der Waals surface area (Å²) in [6, 6.07) is 14.8. The molecule has 0 spiro atoms. The minimum absolute atomic E-state index is 0.229. The van der Waals surface area contributed by atoms with Crippen molar-refractivity contribution in [3.8, 4) is 0 Å². The lowest BCUT2D eigenvalue weighted by Gasteiger charge is -2.48. The summed E-state index contributed by atoms with van der Waals surface area (Å²) < 4.78 is 29.5. The average Bonchev–Trinajstić information content (AvgIpc) is 2.52. The number of hydrogen-bond acceptors (Lipinski definition) is 2. The number of nitrogens with zero attached hydrogens (tertiary/aromatic N) is 2. The van der Waals surface area contributed by atoms with E-state index in [-0.39, 0.29) is 10.3 Å². The normalized spacial score (nSPS) is 18.5. The van der Waals surface area contributed by atoms with E-state index in [1.807, 2.05) is 56.9 Å². The van der Waals surface area contributed by atoms with E-state index in [1.165, 1.54) is 5.56 Å². The third kappa shape index (κ3) is 3.08. The van der Waals surface area contributed by atoms with Crippen molar-refractivity contribution in [3.63, 3.8) is 0 Å². The second-order valence-corrected chi connectivity index (χ2v) is 8.61. The number of hydrogen-bond donors (Lipinski definition) is 0. The van der Waals surface area contributed by atoms with E-state index in [0.29, 0.717) is 5.84 Å². The summed E-state index contributed by atoms with van der Waals surface area (Å²) in [6.45, 7) is 8.73. The Balaban J connectivity index is 1.99. The molecule has 0 atom stereocenters. The first-order valence-electron chi connectivity index (χ1n) is 7.95. The van der Waals surface area contributed by atoms with Gasteiger partial charge in [0.1, 0.15) is 5.84 Å². The predicted molar refractivity (Wildman–Crippen MR) is 98.1 cm³/mol. The van der Waals surface area contributed by atoms with Gasteiger partial charge in [-0.3, -0.25) is 0 Å². The number of aryl methyl sites for hydroxylation is 2. The maximum atomic E-state index is 12.7. The molecule has 0 N–H and O–H groups in total. The Morgan fingerprint density at radius 2 is 1.42 bits per heavy atom. The Morgan fingerprint density at radius 1 is 0.917 bits per heavy atom. The van der Waals surface area contributed by atoms with Crippen LogP contribution in [-0.2, 0) is 10.0 Å². The quantitative estimate of drug-likeness (QED) is 0.849. The van der Waals surface area contributed by atoms with Gasteiger partial charge in [0.15, 0.2) is 0 Å². The molecule has 0 unspecified atom stereocenters. The SMILES string of the molecule is Cc1ccc(N2CC(C)(C)/C2=N/S(=O)(=O)c2ccc(C)cc2)cc1. The van der Waals surface area contributed by atoms with E-state index in [0.717, 1.165) is 17.8 Å². The van der Waals surface area contributed by atoms with E-state index in [1.54, 1.807) is 24.3 Å². The first-order valence-corrected chi connectivity index (χ1v) is 9.39. The van der Waals surface area contributed by atoms with Crippen LogP contribution in [0.25, 0.3) is 0 Å². The lowest BCUT2D eigenvalue weighted by molar-refractivity contribution is 0.458. The highest BCUT2D eigenvalue weighted by Gasteiger charge is 2.44. The molecule has 1 aliphatic heterocycles. The van der Waals surface area contributed by atoms with Gasteiger partial charge in [0, 0.05) is 17.6 Å². The van der Waals surface area contributed by atoms with E-state index in [2.05, 4.69) is 4.40 Å². The molecule has 2 aromatic rings. The summed E-state index contributed by atoms with van der Waals surface area (Å²) in [6.07, 6.45) is 0. The van der Waals surface area contributed by atoms with Gasteiger partial charge in [0.25, 0.3) is 10.0 Å². The molecule has 0 radical (unpaired) electrons. The molecule has 0 bridgehead atoms. The maximum absolute atomic E-state index is 12.7. The molecule has 3 rings (SSSR count). The summed E-state index contributed by atoms with van der Waals surface area (Å²) in [5.41, 5.74) is 2.90. The monoisotopic (exact) mass is 342 g/mol. The summed E-state index contributed by atoms with van der Waals surface area (Å²) in [5.74, 6) is 0.590. The second-order valence-electron chi connectivity index (χ2n) is 7.01. The average molecular weight is 342 g/mol. The predicted octanol–water partition coefficient (Wildman–Crippen LogP) is 3.94. The highest BCUT2D eigenvalue weighted by atomic mass is 32.2. The molecule has 0 aliphatic carbocycles. The molecule has 1 aliphatic rings. The van der Waals surface area contributed by atoms with Gasteiger partial charge < -0.3 is 4.90 Å². The van der Waals surface area contributed by atoms with Crippen molar-refractivity contribution in [2.45, 2.75) is 32.6 Å². The highest BCUT2D eigenvalue weighted by Crippen LogP contribution is 2.37. The van der Waals surface area contributed by atoms with Gasteiger partial charge in [0.2, 0.25) is 0 Å². The van der Waals surface area contributed by atoms with E-state index >= 15 is 0 Å². The Labute approximate surface area is 143 Å². The van der Waals surface area contributed by atoms with Gasteiger partial charge in [0.05, 0.1) is 4.90 Å². The molecule has 126 valence electrons. The smallest absolute Gasteiger partial charge is 0.283 e. The molecule has 5 heteroatoms. The fraction of sp³-hybridized carbons (Fsp3) is 0.316. The molecule has 1 heterocycles. The number of sulfonamides is 1. The summed E-state index contributed by atoms with van der Waals surface area (Å²) in [4.78, 5) is 2.19. The largest absolute Gasteiger partial charge is 0.328 e. The Hall–Kier alpha value is -2.14. The molecular formula is C19H22N2O2S. The fourth-order valence-electron chi connectivity index (χ4n) is 2.80. The second kappa shape index (κ2) is 5.74. The van der Waals surface area contributed by atoms with Crippen molar-refractivity contribution in [2.75, 3.05) is 11.4 Å². The van der Waals surface area contributed by atoms with E-state index in [4.69, 9.17) is 0 Å². The zero-order valence-corrected chi connectivity index (χ0v) is 15.3. The molecule has 4 nitrogen and oxygen atoms in total. The van der Waals surface area contributed by atoms with Crippen molar-refractivity contribution in [2.24, 2.45) is 9.81 Å². The third-order valence-corrected chi connectivity index (χ3v) is 5.57. The first-order chi connectivity index (χ1) is 11.2. The summed E-state index contributed by atoms with van der Waals surface area (Å²) in [5, 5.41) is 0. The van der Waals surface area contributed by atoms with Crippen molar-refractivity contribution in [1.82, 2.24) is 0 Å². The van der Waals surface area contributed by atoms with Gasteiger partial charge in [-0.15, -0.1) is 4.40 Å². The highest BCUT2D eigenvalue weighted by molar-refractivity contribution is 7.90. The van der Waals surface area contributed by atoms with Crippen LogP contribution >= 0.6 is 0 Å². The molecule has 1 saturated heterocycles. The van der Waals surface area contributed by atoms with Crippen LogP contribution in [0, 0.1) is 19.3 Å². The van der Waals surface area contributed by atoms with Crippen LogP contribution in [0.2, 0.25) is 0 Å². The minimum Gasteiger partial charge on any atom is -0.328 e. The number of rotatable bonds is 3. The van der Waals surface area contributed by atoms with Crippen molar-refractivity contribution in [3.05, 3.63) is 59.7 Å². The number of amidine groups is 1. The zero-order valence-electron chi connectivity index (χ0n) is 14.4. The van der Waals surface area contributed by atoms with Gasteiger partial charge in [-0.05, 0) is 38.1 Å². The van der Waals surface area contributed by atoms with Crippen molar-refractivity contribution < 1.29 is 8.42 Å². The lowest BCUT2D eigenvalue weighted by atomic mass is 9.82. The van der Waals surface area contributed by atoms with Crippen LogP contribution in [0.4, 0.5) is 5.69 Å². The molecule has 0 amide bonds. The molecule has 1 fully saturated rings. The molecule has 24 heavy (non-hydrogen) atoms. The van der Waals surface area contributed by atoms with Crippen LogP contribution in [0.15, 0.2) is 57.8 Å². The van der Waals surface area contributed by atoms with Crippen molar-refractivity contribution in [1.29, 1.82) is 0 Å². The van der Waals surface area contributed by atoms with Crippen LogP contribution in [0.5, 0.6) is 0 Å². The number of benzene rings is 2. The third-order valence-electron chi connectivity index (χ3n) is 4.29. The van der Waals surface area contributed by atoms with Gasteiger partial charge in [-0.1, -0.05) is 49.2 Å². The van der Waals surface area contributed by atoms with Crippen LogP contribution in [-0.4, -0.2) is 20.8 Å². The first kappa shape index (κ1) is 16.7. The van der Waals surface area contributed by atoms with Gasteiger partial charge >= 0.3 is 0 Å². The van der Waals surface area contributed by atoms with Gasteiger partial charge in [-0.25, -0.2) is 0 Å². The van der Waals surface area contributed by atoms with Crippen molar-refractivity contribution >= 4 is 21.5 Å². The van der Waals surface area contributed by atoms with E-state index < -0.39 is 10.0 Å². The summed E-state index contributed by atoms with van der Waals surface area (Å²) >= 11 is 0.